The SMILES string of the molecule is CC(=CC(=NNc1nc2ccccc2s1)c1ccccc1)c1ccccc1. The summed E-state index contributed by atoms with van der Waals surface area (Å²) in [5, 5.41) is 5.45. The van der Waals surface area contributed by atoms with Crippen LogP contribution < -0.4 is 5.43 Å². The van der Waals surface area contributed by atoms with Crippen LogP contribution in [0.15, 0.2) is 96.1 Å². The van der Waals surface area contributed by atoms with Crippen molar-refractivity contribution < 1.29 is 0 Å². The Morgan fingerprint density at radius 1 is 0.852 bits per heavy atom. The molecule has 3 nitrogen and oxygen atoms in total. The lowest BCUT2D eigenvalue weighted by Gasteiger charge is -2.06. The van der Waals surface area contributed by atoms with Gasteiger partial charge in [0.15, 0.2) is 0 Å². The number of rotatable bonds is 5. The average molecular weight is 369 g/mol. The van der Waals surface area contributed by atoms with Crippen molar-refractivity contribution in [3.8, 4) is 0 Å². The lowest BCUT2D eigenvalue weighted by Crippen LogP contribution is -2.02. The van der Waals surface area contributed by atoms with Gasteiger partial charge in [0, 0.05) is 5.56 Å². The lowest BCUT2D eigenvalue weighted by atomic mass is 10.0. The minimum absolute atomic E-state index is 0.787. The number of anilines is 1. The molecule has 4 heteroatoms. The highest BCUT2D eigenvalue weighted by Gasteiger charge is 2.05. The highest BCUT2D eigenvalue weighted by molar-refractivity contribution is 7.22. The molecule has 0 unspecified atom stereocenters. The molecule has 0 radical (unpaired) electrons. The first kappa shape index (κ1) is 17.2. The first-order valence-corrected chi connectivity index (χ1v) is 9.60. The molecule has 0 aliphatic rings. The van der Waals surface area contributed by atoms with Crippen molar-refractivity contribution in [1.82, 2.24) is 4.98 Å². The molecule has 0 aliphatic heterocycles. The fraction of sp³-hybridized carbons (Fsp3) is 0.0435. The van der Waals surface area contributed by atoms with Gasteiger partial charge in [0.25, 0.3) is 0 Å². The van der Waals surface area contributed by atoms with Crippen LogP contribution in [0.4, 0.5) is 5.13 Å². The molecule has 0 spiro atoms. The smallest absolute Gasteiger partial charge is 0.204 e. The van der Waals surface area contributed by atoms with E-state index in [1.807, 2.05) is 54.6 Å². The summed E-state index contributed by atoms with van der Waals surface area (Å²) in [6, 6.07) is 28.6. The molecule has 27 heavy (non-hydrogen) atoms. The Kier molecular flexibility index (Phi) is 5.08. The molecule has 3 aromatic carbocycles. The molecule has 0 fully saturated rings. The van der Waals surface area contributed by atoms with E-state index < -0.39 is 0 Å². The van der Waals surface area contributed by atoms with E-state index in [4.69, 9.17) is 0 Å². The van der Waals surface area contributed by atoms with Crippen LogP contribution in [-0.2, 0) is 0 Å². The number of thiazole rings is 1. The van der Waals surface area contributed by atoms with Gasteiger partial charge in [0.1, 0.15) is 0 Å². The average Bonchev–Trinajstić information content (AvgIpc) is 3.15. The maximum Gasteiger partial charge on any atom is 0.204 e. The summed E-state index contributed by atoms with van der Waals surface area (Å²) in [5.41, 5.74) is 8.39. The van der Waals surface area contributed by atoms with Crippen molar-refractivity contribution >= 4 is 38.0 Å². The molecule has 1 N–H and O–H groups in total. The van der Waals surface area contributed by atoms with Crippen LogP contribution in [0, 0.1) is 0 Å². The molecule has 4 rings (SSSR count). The number of allylic oxidation sites excluding steroid dienone is 2. The fourth-order valence-electron chi connectivity index (χ4n) is 2.81. The molecule has 4 aromatic rings. The summed E-state index contributed by atoms with van der Waals surface area (Å²) in [6.45, 7) is 2.10. The minimum atomic E-state index is 0.787. The largest absolute Gasteiger partial charge is 0.252 e. The zero-order valence-electron chi connectivity index (χ0n) is 15.0. The van der Waals surface area contributed by atoms with Crippen LogP contribution in [0.2, 0.25) is 0 Å². The Labute approximate surface area is 162 Å². The molecule has 0 amide bonds. The minimum Gasteiger partial charge on any atom is -0.252 e. The number of nitrogens with zero attached hydrogens (tertiary/aromatic N) is 2. The van der Waals surface area contributed by atoms with E-state index in [1.54, 1.807) is 11.3 Å². The molecule has 0 atom stereocenters. The van der Waals surface area contributed by atoms with Gasteiger partial charge in [-0.05, 0) is 36.3 Å². The number of hydrogen-bond acceptors (Lipinski definition) is 4. The summed E-state index contributed by atoms with van der Waals surface area (Å²) in [7, 11) is 0. The highest BCUT2D eigenvalue weighted by atomic mass is 32.1. The van der Waals surface area contributed by atoms with E-state index in [1.165, 1.54) is 5.56 Å². The topological polar surface area (TPSA) is 37.3 Å². The Morgan fingerprint density at radius 3 is 2.19 bits per heavy atom. The maximum atomic E-state index is 4.66. The van der Waals surface area contributed by atoms with E-state index in [-0.39, 0.29) is 0 Å². The number of fused-ring (bicyclic) bond motifs is 1. The van der Waals surface area contributed by atoms with Crippen molar-refractivity contribution in [3.63, 3.8) is 0 Å². The van der Waals surface area contributed by atoms with E-state index in [0.717, 1.165) is 32.2 Å². The number of hydrogen-bond donors (Lipinski definition) is 1. The van der Waals surface area contributed by atoms with Crippen LogP contribution in [0.3, 0.4) is 0 Å². The Bertz CT molecular complexity index is 1060. The lowest BCUT2D eigenvalue weighted by molar-refractivity contribution is 1.30. The zero-order chi connectivity index (χ0) is 18.5. The zero-order valence-corrected chi connectivity index (χ0v) is 15.8. The number of aromatic nitrogens is 1. The number of nitrogens with one attached hydrogen (secondary N) is 1. The molecule has 0 saturated heterocycles. The molecule has 0 saturated carbocycles. The summed E-state index contributed by atoms with van der Waals surface area (Å²) < 4.78 is 1.15. The number of benzene rings is 3. The summed E-state index contributed by atoms with van der Waals surface area (Å²) >= 11 is 1.60. The van der Waals surface area contributed by atoms with Gasteiger partial charge in [-0.25, -0.2) is 4.98 Å². The summed E-state index contributed by atoms with van der Waals surface area (Å²) in [4.78, 5) is 4.60. The van der Waals surface area contributed by atoms with Crippen molar-refractivity contribution in [3.05, 3.63) is 102 Å². The quantitative estimate of drug-likeness (QED) is 0.335. The van der Waals surface area contributed by atoms with Crippen molar-refractivity contribution in [1.29, 1.82) is 0 Å². The predicted octanol–water partition coefficient (Wildman–Crippen LogP) is 6.22. The second-order valence-corrected chi connectivity index (χ2v) is 7.19. The third-order valence-corrected chi connectivity index (χ3v) is 5.16. The van der Waals surface area contributed by atoms with Gasteiger partial charge >= 0.3 is 0 Å². The van der Waals surface area contributed by atoms with Crippen molar-refractivity contribution in [2.24, 2.45) is 5.10 Å². The van der Waals surface area contributed by atoms with Gasteiger partial charge < -0.3 is 0 Å². The van der Waals surface area contributed by atoms with Crippen molar-refractivity contribution in [2.75, 3.05) is 5.43 Å². The van der Waals surface area contributed by atoms with E-state index >= 15 is 0 Å². The Hall–Kier alpha value is -3.24. The van der Waals surface area contributed by atoms with Gasteiger partial charge in [-0.1, -0.05) is 84.1 Å². The Morgan fingerprint density at radius 2 is 1.48 bits per heavy atom. The summed E-state index contributed by atoms with van der Waals surface area (Å²) in [5.74, 6) is 0. The molecule has 0 bridgehead atoms. The first-order chi connectivity index (χ1) is 13.3. The fourth-order valence-corrected chi connectivity index (χ4v) is 3.62. The summed E-state index contributed by atoms with van der Waals surface area (Å²) in [6.07, 6.45) is 2.10. The van der Waals surface area contributed by atoms with Crippen LogP contribution in [0.1, 0.15) is 18.1 Å². The molecular formula is C23H19N3S. The van der Waals surface area contributed by atoms with Gasteiger partial charge in [0.2, 0.25) is 5.13 Å². The normalized spacial score (nSPS) is 12.3. The van der Waals surface area contributed by atoms with Gasteiger partial charge in [0.05, 0.1) is 15.9 Å². The monoisotopic (exact) mass is 369 g/mol. The van der Waals surface area contributed by atoms with Gasteiger partial charge in [-0.3, -0.25) is 5.43 Å². The van der Waals surface area contributed by atoms with Gasteiger partial charge in [-0.15, -0.1) is 0 Å². The standard InChI is InChI=1S/C23H19N3S/c1-17(18-10-4-2-5-11-18)16-21(19-12-6-3-7-13-19)25-26-23-24-20-14-8-9-15-22(20)27-23/h2-16H,1H3,(H,24,26). The third-order valence-electron chi connectivity index (χ3n) is 4.22. The second kappa shape index (κ2) is 7.98. The third kappa shape index (κ3) is 4.13. The van der Waals surface area contributed by atoms with E-state index in [0.29, 0.717) is 0 Å². The highest BCUT2D eigenvalue weighted by Crippen LogP contribution is 2.25. The van der Waals surface area contributed by atoms with E-state index in [2.05, 4.69) is 58.8 Å². The molecule has 1 heterocycles. The Balaban J connectivity index is 1.68. The van der Waals surface area contributed by atoms with Crippen LogP contribution in [0.25, 0.3) is 15.8 Å². The van der Waals surface area contributed by atoms with Crippen LogP contribution in [0.5, 0.6) is 0 Å². The predicted molar refractivity (Wildman–Crippen MR) is 116 cm³/mol. The van der Waals surface area contributed by atoms with Gasteiger partial charge in [-0.2, -0.15) is 5.10 Å². The molecule has 0 aliphatic carbocycles. The first-order valence-electron chi connectivity index (χ1n) is 8.78. The molecular weight excluding hydrogens is 350 g/mol. The maximum absolute atomic E-state index is 4.66. The van der Waals surface area contributed by atoms with Crippen molar-refractivity contribution in [2.45, 2.75) is 6.92 Å². The number of para-hydroxylation sites is 1. The molecule has 132 valence electrons. The van der Waals surface area contributed by atoms with Crippen LogP contribution in [-0.4, -0.2) is 10.7 Å². The number of hydrazone groups is 1. The van der Waals surface area contributed by atoms with Crippen LogP contribution >= 0.6 is 11.3 Å². The second-order valence-electron chi connectivity index (χ2n) is 6.15. The van der Waals surface area contributed by atoms with E-state index in [9.17, 15) is 0 Å². The molecule has 1 aromatic heterocycles.